The zero-order valence-corrected chi connectivity index (χ0v) is 17.5. The van der Waals surface area contributed by atoms with Crippen molar-refractivity contribution >= 4 is 5.96 Å². The van der Waals surface area contributed by atoms with Crippen LogP contribution in [0.2, 0.25) is 0 Å². The van der Waals surface area contributed by atoms with Gasteiger partial charge in [-0.25, -0.2) is 4.39 Å². The number of benzene rings is 1. The number of hydrogen-bond acceptors (Lipinski definition) is 5. The van der Waals surface area contributed by atoms with Crippen LogP contribution in [0.3, 0.4) is 0 Å². The standard InChI is InChI=1S/C21H33FN4O3/c1-23-20(25-16-21(27-2)7-11-28-12-8-21)24-15-19(26-9-13-29-14-10-26)17-3-5-18(22)6-4-17/h3-6,19H,7-16H2,1-2H3,(H2,23,24,25). The number of halogens is 1. The molecular formula is C21H33FN4O3. The highest BCUT2D eigenvalue weighted by Crippen LogP contribution is 2.24. The predicted octanol–water partition coefficient (Wildman–Crippen LogP) is 1.56. The summed E-state index contributed by atoms with van der Waals surface area (Å²) in [5, 5.41) is 6.84. The average molecular weight is 409 g/mol. The first-order chi connectivity index (χ1) is 14.2. The monoisotopic (exact) mass is 408 g/mol. The molecule has 2 heterocycles. The Kier molecular flexibility index (Phi) is 8.23. The first-order valence-corrected chi connectivity index (χ1v) is 10.3. The fourth-order valence-electron chi connectivity index (χ4n) is 3.89. The molecule has 0 bridgehead atoms. The van der Waals surface area contributed by atoms with Crippen molar-refractivity contribution < 1.29 is 18.6 Å². The lowest BCUT2D eigenvalue weighted by molar-refractivity contribution is -0.0855. The Morgan fingerprint density at radius 2 is 1.79 bits per heavy atom. The predicted molar refractivity (Wildman–Crippen MR) is 111 cm³/mol. The smallest absolute Gasteiger partial charge is 0.191 e. The zero-order valence-electron chi connectivity index (χ0n) is 17.5. The van der Waals surface area contributed by atoms with Gasteiger partial charge in [0, 0.05) is 66.4 Å². The molecule has 2 fully saturated rings. The molecule has 7 nitrogen and oxygen atoms in total. The van der Waals surface area contributed by atoms with E-state index >= 15 is 0 Å². The van der Waals surface area contributed by atoms with Gasteiger partial charge >= 0.3 is 0 Å². The lowest BCUT2D eigenvalue weighted by atomic mass is 9.94. The fourth-order valence-corrected chi connectivity index (χ4v) is 3.89. The van der Waals surface area contributed by atoms with Crippen molar-refractivity contribution in [2.45, 2.75) is 24.5 Å². The van der Waals surface area contributed by atoms with Gasteiger partial charge in [-0.15, -0.1) is 0 Å². The molecule has 1 aromatic carbocycles. The SMILES string of the molecule is CN=C(NCC(c1ccc(F)cc1)N1CCOCC1)NCC1(OC)CCOCC1. The number of rotatable bonds is 7. The van der Waals surface area contributed by atoms with E-state index in [1.165, 1.54) is 12.1 Å². The summed E-state index contributed by atoms with van der Waals surface area (Å²) in [4.78, 5) is 6.73. The Hall–Kier alpha value is -1.74. The zero-order chi connectivity index (χ0) is 20.5. The second-order valence-electron chi connectivity index (χ2n) is 7.52. The molecule has 1 aromatic rings. The van der Waals surface area contributed by atoms with Crippen LogP contribution in [0.4, 0.5) is 4.39 Å². The van der Waals surface area contributed by atoms with E-state index in [0.717, 1.165) is 37.5 Å². The van der Waals surface area contributed by atoms with Gasteiger partial charge in [0.1, 0.15) is 5.82 Å². The highest BCUT2D eigenvalue weighted by Gasteiger charge is 2.32. The number of methoxy groups -OCH3 is 1. The van der Waals surface area contributed by atoms with Crippen LogP contribution in [0.1, 0.15) is 24.4 Å². The van der Waals surface area contributed by atoms with Gasteiger partial charge in [0.15, 0.2) is 5.96 Å². The molecule has 2 N–H and O–H groups in total. The maximum absolute atomic E-state index is 13.4. The topological polar surface area (TPSA) is 67.4 Å². The molecule has 0 amide bonds. The summed E-state index contributed by atoms with van der Waals surface area (Å²) in [7, 11) is 3.52. The number of aliphatic imine (C=N–C) groups is 1. The largest absolute Gasteiger partial charge is 0.381 e. The van der Waals surface area contributed by atoms with Crippen LogP contribution >= 0.6 is 0 Å². The number of nitrogens with one attached hydrogen (secondary N) is 2. The summed E-state index contributed by atoms with van der Waals surface area (Å²) in [5.41, 5.74) is 0.852. The van der Waals surface area contributed by atoms with Crippen LogP contribution in [-0.4, -0.2) is 83.2 Å². The lowest BCUT2D eigenvalue weighted by Gasteiger charge is -2.37. The molecule has 1 atom stereocenters. The molecule has 2 aliphatic heterocycles. The van der Waals surface area contributed by atoms with Crippen LogP contribution in [0.15, 0.2) is 29.3 Å². The molecule has 2 aliphatic rings. The summed E-state index contributed by atoms with van der Waals surface area (Å²) < 4.78 is 30.2. The summed E-state index contributed by atoms with van der Waals surface area (Å²) in [6, 6.07) is 6.86. The van der Waals surface area contributed by atoms with Gasteiger partial charge in [0.2, 0.25) is 0 Å². The molecule has 3 rings (SSSR count). The van der Waals surface area contributed by atoms with Crippen LogP contribution in [-0.2, 0) is 14.2 Å². The van der Waals surface area contributed by atoms with E-state index in [9.17, 15) is 4.39 Å². The summed E-state index contributed by atoms with van der Waals surface area (Å²) in [5.74, 6) is 0.509. The highest BCUT2D eigenvalue weighted by atomic mass is 19.1. The van der Waals surface area contributed by atoms with E-state index in [2.05, 4.69) is 20.5 Å². The van der Waals surface area contributed by atoms with Gasteiger partial charge in [-0.3, -0.25) is 9.89 Å². The van der Waals surface area contributed by atoms with E-state index < -0.39 is 0 Å². The summed E-state index contributed by atoms with van der Waals surface area (Å²) in [6.45, 7) is 5.88. The second kappa shape index (κ2) is 10.9. The molecule has 0 aliphatic carbocycles. The van der Waals surface area contributed by atoms with E-state index in [-0.39, 0.29) is 17.5 Å². The van der Waals surface area contributed by atoms with Crippen molar-refractivity contribution in [2.75, 3.05) is 66.8 Å². The van der Waals surface area contributed by atoms with E-state index in [1.54, 1.807) is 14.2 Å². The van der Waals surface area contributed by atoms with Crippen LogP contribution < -0.4 is 10.6 Å². The van der Waals surface area contributed by atoms with Gasteiger partial charge in [-0.05, 0) is 17.7 Å². The van der Waals surface area contributed by atoms with Crippen molar-refractivity contribution in [3.63, 3.8) is 0 Å². The van der Waals surface area contributed by atoms with E-state index in [4.69, 9.17) is 14.2 Å². The van der Waals surface area contributed by atoms with Crippen LogP contribution in [0.5, 0.6) is 0 Å². The molecule has 162 valence electrons. The third-order valence-corrected chi connectivity index (χ3v) is 5.84. The molecular weight excluding hydrogens is 375 g/mol. The van der Waals surface area contributed by atoms with Gasteiger partial charge in [0.05, 0.1) is 24.9 Å². The minimum atomic E-state index is -0.226. The van der Waals surface area contributed by atoms with E-state index in [0.29, 0.717) is 39.5 Å². The van der Waals surface area contributed by atoms with E-state index in [1.807, 2.05) is 12.1 Å². The third-order valence-electron chi connectivity index (χ3n) is 5.84. The summed E-state index contributed by atoms with van der Waals surface area (Å²) in [6.07, 6.45) is 1.72. The van der Waals surface area contributed by atoms with Crippen molar-refractivity contribution in [2.24, 2.45) is 4.99 Å². The molecule has 8 heteroatoms. The maximum atomic E-state index is 13.4. The Balaban J connectivity index is 1.61. The maximum Gasteiger partial charge on any atom is 0.191 e. The Morgan fingerprint density at radius 1 is 1.14 bits per heavy atom. The molecule has 0 saturated carbocycles. The first-order valence-electron chi connectivity index (χ1n) is 10.3. The fraction of sp³-hybridized carbons (Fsp3) is 0.667. The van der Waals surface area contributed by atoms with Crippen LogP contribution in [0.25, 0.3) is 0 Å². The minimum Gasteiger partial charge on any atom is -0.381 e. The van der Waals surface area contributed by atoms with Gasteiger partial charge < -0.3 is 24.8 Å². The minimum absolute atomic E-state index is 0.109. The number of hydrogen-bond donors (Lipinski definition) is 2. The van der Waals surface area contributed by atoms with Crippen molar-refractivity contribution in [1.29, 1.82) is 0 Å². The second-order valence-corrected chi connectivity index (χ2v) is 7.52. The number of nitrogens with zero attached hydrogens (tertiary/aromatic N) is 2. The molecule has 1 unspecified atom stereocenters. The van der Waals surface area contributed by atoms with Crippen LogP contribution in [0, 0.1) is 5.82 Å². The number of ether oxygens (including phenoxy) is 3. The molecule has 0 aromatic heterocycles. The van der Waals surface area contributed by atoms with Crippen molar-refractivity contribution in [1.82, 2.24) is 15.5 Å². The van der Waals surface area contributed by atoms with Gasteiger partial charge in [-0.1, -0.05) is 12.1 Å². The first kappa shape index (κ1) is 22.0. The molecule has 0 spiro atoms. The lowest BCUT2D eigenvalue weighted by Crippen LogP contribution is -2.52. The number of guanidine groups is 1. The Labute approximate surface area is 172 Å². The average Bonchev–Trinajstić information content (AvgIpc) is 2.78. The Bertz CT molecular complexity index is 644. The highest BCUT2D eigenvalue weighted by molar-refractivity contribution is 5.79. The molecule has 2 saturated heterocycles. The van der Waals surface area contributed by atoms with Crippen molar-refractivity contribution in [3.05, 3.63) is 35.6 Å². The van der Waals surface area contributed by atoms with Gasteiger partial charge in [0.25, 0.3) is 0 Å². The van der Waals surface area contributed by atoms with Crippen molar-refractivity contribution in [3.8, 4) is 0 Å². The molecule has 29 heavy (non-hydrogen) atoms. The Morgan fingerprint density at radius 3 is 2.41 bits per heavy atom. The normalized spacial score (nSPS) is 21.6. The third kappa shape index (κ3) is 6.12. The molecule has 0 radical (unpaired) electrons. The quantitative estimate of drug-likeness (QED) is 0.527. The summed E-state index contributed by atoms with van der Waals surface area (Å²) >= 11 is 0. The van der Waals surface area contributed by atoms with Gasteiger partial charge in [-0.2, -0.15) is 0 Å². The number of morpholine rings is 1.